The maximum atomic E-state index is 13.3. The van der Waals surface area contributed by atoms with Gasteiger partial charge < -0.3 is 9.72 Å². The van der Waals surface area contributed by atoms with Crippen molar-refractivity contribution in [3.63, 3.8) is 0 Å². The Labute approximate surface area is 127 Å². The predicted molar refractivity (Wildman–Crippen MR) is 81.0 cm³/mol. The molecule has 5 nitrogen and oxygen atoms in total. The molecule has 1 N–H and O–H groups in total. The highest BCUT2D eigenvalue weighted by Crippen LogP contribution is 2.28. The molecule has 1 unspecified atom stereocenters. The van der Waals surface area contributed by atoms with Crippen molar-refractivity contribution in [1.82, 2.24) is 19.7 Å². The number of fused-ring (bicyclic) bond motifs is 1. The Morgan fingerprint density at radius 2 is 2.36 bits per heavy atom. The van der Waals surface area contributed by atoms with Crippen molar-refractivity contribution in [3.8, 4) is 11.4 Å². The molecule has 0 aliphatic carbocycles. The molecular weight excluding hydrogens is 283 g/mol. The number of benzene rings is 1. The fourth-order valence-electron chi connectivity index (χ4n) is 3.05. The smallest absolute Gasteiger partial charge is 0.160 e. The molecule has 22 heavy (non-hydrogen) atoms. The van der Waals surface area contributed by atoms with Crippen LogP contribution in [0.1, 0.15) is 18.7 Å². The third-order valence-electron chi connectivity index (χ3n) is 4.06. The van der Waals surface area contributed by atoms with Gasteiger partial charge in [0.15, 0.2) is 5.82 Å². The van der Waals surface area contributed by atoms with Crippen LogP contribution in [0.25, 0.3) is 22.3 Å². The molecule has 4 rings (SSSR count). The van der Waals surface area contributed by atoms with Gasteiger partial charge in [-0.2, -0.15) is 5.10 Å². The van der Waals surface area contributed by atoms with Crippen LogP contribution in [-0.4, -0.2) is 32.5 Å². The van der Waals surface area contributed by atoms with Gasteiger partial charge in [0.1, 0.15) is 11.6 Å². The van der Waals surface area contributed by atoms with Gasteiger partial charge in [-0.3, -0.25) is 0 Å². The van der Waals surface area contributed by atoms with E-state index in [1.54, 1.807) is 6.07 Å². The van der Waals surface area contributed by atoms with Crippen LogP contribution in [0.15, 0.2) is 24.4 Å². The van der Waals surface area contributed by atoms with Crippen LogP contribution in [0, 0.1) is 12.7 Å². The fourth-order valence-corrected chi connectivity index (χ4v) is 3.05. The van der Waals surface area contributed by atoms with Crippen LogP contribution in [0.4, 0.5) is 4.39 Å². The molecule has 1 saturated heterocycles. The van der Waals surface area contributed by atoms with E-state index in [1.165, 1.54) is 12.1 Å². The lowest BCUT2D eigenvalue weighted by Gasteiger charge is -2.11. The summed E-state index contributed by atoms with van der Waals surface area (Å²) in [7, 11) is 0. The summed E-state index contributed by atoms with van der Waals surface area (Å²) < 4.78 is 20.9. The zero-order valence-electron chi connectivity index (χ0n) is 12.3. The number of nitrogens with zero attached hydrogens (tertiary/aromatic N) is 3. The van der Waals surface area contributed by atoms with Crippen molar-refractivity contribution in [2.75, 3.05) is 6.61 Å². The largest absolute Gasteiger partial charge is 0.376 e. The topological polar surface area (TPSA) is 55.7 Å². The van der Waals surface area contributed by atoms with Gasteiger partial charge in [0.2, 0.25) is 0 Å². The van der Waals surface area contributed by atoms with Gasteiger partial charge >= 0.3 is 0 Å². The zero-order valence-corrected chi connectivity index (χ0v) is 12.3. The summed E-state index contributed by atoms with van der Waals surface area (Å²) >= 11 is 0. The Bertz CT molecular complexity index is 817. The quantitative estimate of drug-likeness (QED) is 0.809. The summed E-state index contributed by atoms with van der Waals surface area (Å²) in [6.45, 7) is 3.40. The first-order valence-electron chi connectivity index (χ1n) is 7.51. The summed E-state index contributed by atoms with van der Waals surface area (Å²) in [5.41, 5.74) is 1.70. The number of rotatable bonds is 3. The van der Waals surface area contributed by atoms with E-state index < -0.39 is 0 Å². The minimum absolute atomic E-state index is 0.197. The standard InChI is InChI=1S/C16H17FN4O/c1-10-19-16(21(20-10)9-12-3-2-6-22-12)14-8-18-15-7-11(17)4-5-13(14)15/h4-5,7-8,12,18H,2-3,6,9H2,1H3. The van der Waals surface area contributed by atoms with Crippen LogP contribution in [-0.2, 0) is 11.3 Å². The minimum Gasteiger partial charge on any atom is -0.376 e. The van der Waals surface area contributed by atoms with Gasteiger partial charge in [-0.15, -0.1) is 0 Å². The Morgan fingerprint density at radius 3 is 3.18 bits per heavy atom. The van der Waals surface area contributed by atoms with Crippen LogP contribution in [0.5, 0.6) is 0 Å². The van der Waals surface area contributed by atoms with Gasteiger partial charge in [-0.1, -0.05) is 0 Å². The average molecular weight is 300 g/mol. The van der Waals surface area contributed by atoms with Crippen LogP contribution >= 0.6 is 0 Å². The lowest BCUT2D eigenvalue weighted by Crippen LogP contribution is -2.16. The number of hydrogen-bond donors (Lipinski definition) is 1. The first-order valence-corrected chi connectivity index (χ1v) is 7.51. The second-order valence-corrected chi connectivity index (χ2v) is 5.69. The third-order valence-corrected chi connectivity index (χ3v) is 4.06. The van der Waals surface area contributed by atoms with E-state index in [-0.39, 0.29) is 11.9 Å². The number of aryl methyl sites for hydroxylation is 1. The van der Waals surface area contributed by atoms with Crippen LogP contribution in [0.3, 0.4) is 0 Å². The number of halogens is 1. The van der Waals surface area contributed by atoms with Crippen molar-refractivity contribution < 1.29 is 9.13 Å². The fraction of sp³-hybridized carbons (Fsp3) is 0.375. The molecule has 3 heterocycles. The lowest BCUT2D eigenvalue weighted by atomic mass is 10.1. The second kappa shape index (κ2) is 5.21. The Morgan fingerprint density at radius 1 is 1.45 bits per heavy atom. The number of ether oxygens (including phenoxy) is 1. The number of aromatic nitrogens is 4. The van der Waals surface area contributed by atoms with E-state index in [2.05, 4.69) is 15.1 Å². The molecule has 6 heteroatoms. The van der Waals surface area contributed by atoms with Gasteiger partial charge in [0, 0.05) is 29.3 Å². The predicted octanol–water partition coefficient (Wildman–Crippen LogP) is 3.05. The minimum atomic E-state index is -0.252. The highest BCUT2D eigenvalue weighted by Gasteiger charge is 2.21. The van der Waals surface area contributed by atoms with Crippen molar-refractivity contribution in [3.05, 3.63) is 36.0 Å². The van der Waals surface area contributed by atoms with Crippen molar-refractivity contribution >= 4 is 10.9 Å². The number of aromatic amines is 1. The van der Waals surface area contributed by atoms with E-state index in [1.807, 2.05) is 17.8 Å². The molecule has 0 saturated carbocycles. The molecule has 0 spiro atoms. The molecule has 0 radical (unpaired) electrons. The molecule has 1 fully saturated rings. The van der Waals surface area contributed by atoms with E-state index >= 15 is 0 Å². The highest BCUT2D eigenvalue weighted by molar-refractivity contribution is 5.93. The molecule has 2 aromatic heterocycles. The molecule has 0 bridgehead atoms. The molecule has 1 aliphatic heterocycles. The third kappa shape index (κ3) is 2.29. The van der Waals surface area contributed by atoms with E-state index in [4.69, 9.17) is 4.74 Å². The Kier molecular flexibility index (Phi) is 3.18. The van der Waals surface area contributed by atoms with Gasteiger partial charge in [-0.25, -0.2) is 14.1 Å². The number of hydrogen-bond acceptors (Lipinski definition) is 3. The summed E-state index contributed by atoms with van der Waals surface area (Å²) in [4.78, 5) is 7.66. The van der Waals surface area contributed by atoms with Crippen molar-refractivity contribution in [1.29, 1.82) is 0 Å². The Balaban J connectivity index is 1.77. The van der Waals surface area contributed by atoms with Crippen molar-refractivity contribution in [2.45, 2.75) is 32.4 Å². The van der Waals surface area contributed by atoms with E-state index in [0.717, 1.165) is 47.6 Å². The molecule has 114 valence electrons. The summed E-state index contributed by atoms with van der Waals surface area (Å²) in [5.74, 6) is 1.27. The lowest BCUT2D eigenvalue weighted by molar-refractivity contribution is 0.0943. The summed E-state index contributed by atoms with van der Waals surface area (Å²) in [5, 5.41) is 5.44. The van der Waals surface area contributed by atoms with Gasteiger partial charge in [0.25, 0.3) is 0 Å². The molecule has 3 aromatic rings. The summed E-state index contributed by atoms with van der Waals surface area (Å²) in [6, 6.07) is 4.73. The zero-order chi connectivity index (χ0) is 15.1. The molecule has 1 aromatic carbocycles. The average Bonchev–Trinajstić information content (AvgIpc) is 3.19. The maximum absolute atomic E-state index is 13.3. The molecule has 1 aliphatic rings. The summed E-state index contributed by atoms with van der Waals surface area (Å²) in [6.07, 6.45) is 4.21. The van der Waals surface area contributed by atoms with Gasteiger partial charge in [0.05, 0.1) is 12.6 Å². The molecule has 0 amide bonds. The Hall–Kier alpha value is -2.21. The molecular formula is C16H17FN4O. The number of nitrogens with one attached hydrogen (secondary N) is 1. The highest BCUT2D eigenvalue weighted by atomic mass is 19.1. The first kappa shape index (κ1) is 13.5. The normalized spacial score (nSPS) is 18.4. The SMILES string of the molecule is Cc1nc(-c2c[nH]c3cc(F)ccc23)n(CC2CCCO2)n1. The maximum Gasteiger partial charge on any atom is 0.160 e. The van der Waals surface area contributed by atoms with Crippen LogP contribution in [0.2, 0.25) is 0 Å². The monoisotopic (exact) mass is 300 g/mol. The molecule has 1 atom stereocenters. The van der Waals surface area contributed by atoms with Crippen molar-refractivity contribution in [2.24, 2.45) is 0 Å². The van der Waals surface area contributed by atoms with E-state index in [9.17, 15) is 4.39 Å². The van der Waals surface area contributed by atoms with Gasteiger partial charge in [-0.05, 0) is 38.0 Å². The number of H-pyrrole nitrogens is 1. The first-order chi connectivity index (χ1) is 10.7. The van der Waals surface area contributed by atoms with E-state index in [0.29, 0.717) is 6.54 Å². The second-order valence-electron chi connectivity index (χ2n) is 5.69. The van der Waals surface area contributed by atoms with Crippen LogP contribution < -0.4 is 0 Å².